The molecule has 0 radical (unpaired) electrons. The van der Waals surface area contributed by atoms with Crippen LogP contribution in [0, 0.1) is 12.8 Å². The summed E-state index contributed by atoms with van der Waals surface area (Å²) in [5.74, 6) is 0.823. The van der Waals surface area contributed by atoms with Crippen molar-refractivity contribution in [2.75, 3.05) is 5.32 Å². The molecule has 3 heteroatoms. The third kappa shape index (κ3) is 3.46. The lowest BCUT2D eigenvalue weighted by Gasteiger charge is -2.32. The molecule has 3 rings (SSSR count). The van der Waals surface area contributed by atoms with E-state index in [4.69, 9.17) is 0 Å². The molecule has 1 aromatic heterocycles. The molecule has 1 heterocycles. The summed E-state index contributed by atoms with van der Waals surface area (Å²) in [6.07, 6.45) is 6.72. The van der Waals surface area contributed by atoms with Crippen molar-refractivity contribution in [1.82, 2.24) is 4.98 Å². The van der Waals surface area contributed by atoms with Crippen molar-refractivity contribution in [3.05, 3.63) is 34.7 Å². The summed E-state index contributed by atoms with van der Waals surface area (Å²) in [6.45, 7) is 4.38. The monoisotopic (exact) mass is 300 g/mol. The lowest BCUT2D eigenvalue weighted by atomic mass is 9.83. The first kappa shape index (κ1) is 14.6. The first-order valence-corrected chi connectivity index (χ1v) is 8.93. The predicted molar refractivity (Wildman–Crippen MR) is 91.9 cm³/mol. The Balaban J connectivity index is 1.76. The molecule has 0 bridgehead atoms. The first-order valence-electron chi connectivity index (χ1n) is 8.05. The molecule has 112 valence electrons. The molecule has 2 nitrogen and oxygen atoms in total. The van der Waals surface area contributed by atoms with Gasteiger partial charge >= 0.3 is 0 Å². The maximum Gasteiger partial charge on any atom is 0.0901 e. The van der Waals surface area contributed by atoms with Crippen LogP contribution >= 0.6 is 11.3 Å². The number of hydrogen-bond donors (Lipinski definition) is 1. The lowest BCUT2D eigenvalue weighted by Crippen LogP contribution is -2.31. The van der Waals surface area contributed by atoms with Crippen LogP contribution in [0.15, 0.2) is 29.6 Å². The number of rotatable bonds is 4. The summed E-state index contributed by atoms with van der Waals surface area (Å²) in [6, 6.07) is 9.35. The van der Waals surface area contributed by atoms with Crippen LogP contribution in [-0.4, -0.2) is 11.0 Å². The predicted octanol–water partition coefficient (Wildman–Crippen LogP) is 5.50. The van der Waals surface area contributed by atoms with Gasteiger partial charge in [0.05, 0.1) is 10.7 Å². The summed E-state index contributed by atoms with van der Waals surface area (Å²) in [4.78, 5) is 4.59. The van der Waals surface area contributed by atoms with Crippen LogP contribution in [0.1, 0.15) is 44.0 Å². The molecule has 1 fully saturated rings. The van der Waals surface area contributed by atoms with Gasteiger partial charge < -0.3 is 5.32 Å². The highest BCUT2D eigenvalue weighted by molar-refractivity contribution is 7.09. The van der Waals surface area contributed by atoms with E-state index in [2.05, 4.69) is 53.8 Å². The van der Waals surface area contributed by atoms with Crippen LogP contribution in [0.2, 0.25) is 0 Å². The highest BCUT2D eigenvalue weighted by atomic mass is 32.1. The van der Waals surface area contributed by atoms with E-state index in [9.17, 15) is 0 Å². The summed E-state index contributed by atoms with van der Waals surface area (Å²) in [5, 5.41) is 7.04. The Bertz CT molecular complexity index is 590. The van der Waals surface area contributed by atoms with Gasteiger partial charge in [-0.1, -0.05) is 38.3 Å². The molecule has 2 unspecified atom stereocenters. The van der Waals surface area contributed by atoms with Gasteiger partial charge in [-0.15, -0.1) is 11.3 Å². The second kappa shape index (κ2) is 6.61. The average Bonchev–Trinajstić information content (AvgIpc) is 2.95. The van der Waals surface area contributed by atoms with Crippen LogP contribution in [0.25, 0.3) is 11.3 Å². The Kier molecular flexibility index (Phi) is 4.59. The fourth-order valence-electron chi connectivity index (χ4n) is 3.36. The van der Waals surface area contributed by atoms with Crippen molar-refractivity contribution in [2.24, 2.45) is 5.92 Å². The largest absolute Gasteiger partial charge is 0.382 e. The van der Waals surface area contributed by atoms with E-state index < -0.39 is 0 Å². The molecule has 2 aromatic rings. The molecule has 0 spiro atoms. The number of nitrogens with one attached hydrogen (secondary N) is 1. The molecular formula is C18H24N2S. The molecule has 1 N–H and O–H groups in total. The van der Waals surface area contributed by atoms with E-state index in [1.165, 1.54) is 43.4 Å². The Morgan fingerprint density at radius 3 is 2.90 bits per heavy atom. The van der Waals surface area contributed by atoms with Gasteiger partial charge in [0.2, 0.25) is 0 Å². The third-order valence-electron chi connectivity index (χ3n) is 4.56. The van der Waals surface area contributed by atoms with Crippen molar-refractivity contribution < 1.29 is 0 Å². The zero-order chi connectivity index (χ0) is 14.7. The fourth-order valence-corrected chi connectivity index (χ4v) is 3.99. The molecule has 1 aliphatic rings. The van der Waals surface area contributed by atoms with Crippen LogP contribution in [0.3, 0.4) is 0 Å². The van der Waals surface area contributed by atoms with Gasteiger partial charge in [-0.25, -0.2) is 4.98 Å². The maximum absolute atomic E-state index is 4.59. The van der Waals surface area contributed by atoms with Crippen LogP contribution in [-0.2, 0) is 0 Å². The van der Waals surface area contributed by atoms with Gasteiger partial charge in [-0.05, 0) is 37.8 Å². The van der Waals surface area contributed by atoms with Crippen molar-refractivity contribution in [3.8, 4) is 11.3 Å². The van der Waals surface area contributed by atoms with Crippen molar-refractivity contribution in [3.63, 3.8) is 0 Å². The number of aromatic nitrogens is 1. The average molecular weight is 300 g/mol. The number of thiazole rings is 1. The van der Waals surface area contributed by atoms with E-state index in [0.717, 1.165) is 16.6 Å². The Morgan fingerprint density at radius 2 is 2.14 bits per heavy atom. The minimum absolute atomic E-state index is 0.635. The molecular weight excluding hydrogens is 276 g/mol. The van der Waals surface area contributed by atoms with Crippen LogP contribution < -0.4 is 5.32 Å². The first-order chi connectivity index (χ1) is 10.3. The molecule has 21 heavy (non-hydrogen) atoms. The SMILES string of the molecule is CCC1CCCCC1Nc1cccc(-c2csc(C)n2)c1. The number of hydrogen-bond acceptors (Lipinski definition) is 3. The summed E-state index contributed by atoms with van der Waals surface area (Å²) < 4.78 is 0. The molecule has 0 amide bonds. The third-order valence-corrected chi connectivity index (χ3v) is 5.34. The Hall–Kier alpha value is -1.35. The van der Waals surface area contributed by atoms with E-state index in [-0.39, 0.29) is 0 Å². The fraction of sp³-hybridized carbons (Fsp3) is 0.500. The zero-order valence-corrected chi connectivity index (χ0v) is 13.7. The zero-order valence-electron chi connectivity index (χ0n) is 12.9. The number of anilines is 1. The molecule has 0 aliphatic heterocycles. The van der Waals surface area contributed by atoms with Gasteiger partial charge in [0.25, 0.3) is 0 Å². The van der Waals surface area contributed by atoms with E-state index >= 15 is 0 Å². The van der Waals surface area contributed by atoms with Crippen molar-refractivity contribution >= 4 is 17.0 Å². The second-order valence-corrected chi connectivity index (χ2v) is 7.10. The Morgan fingerprint density at radius 1 is 1.29 bits per heavy atom. The van der Waals surface area contributed by atoms with E-state index in [1.807, 2.05) is 0 Å². The van der Waals surface area contributed by atoms with Crippen molar-refractivity contribution in [2.45, 2.75) is 52.0 Å². The van der Waals surface area contributed by atoms with Gasteiger partial charge in [-0.3, -0.25) is 0 Å². The Labute approximate surface area is 131 Å². The van der Waals surface area contributed by atoms with Gasteiger partial charge in [0, 0.05) is 22.7 Å². The summed E-state index contributed by atoms with van der Waals surface area (Å²) >= 11 is 1.71. The molecule has 2 atom stereocenters. The summed E-state index contributed by atoms with van der Waals surface area (Å²) in [7, 11) is 0. The van der Waals surface area contributed by atoms with Crippen molar-refractivity contribution in [1.29, 1.82) is 0 Å². The van der Waals surface area contributed by atoms with Crippen LogP contribution in [0.5, 0.6) is 0 Å². The van der Waals surface area contributed by atoms with Gasteiger partial charge in [0.15, 0.2) is 0 Å². The van der Waals surface area contributed by atoms with Gasteiger partial charge in [0.1, 0.15) is 0 Å². The topological polar surface area (TPSA) is 24.9 Å². The standard InChI is InChI=1S/C18H24N2S/c1-3-14-7-4-5-10-17(14)20-16-9-6-8-15(11-16)18-12-21-13(2)19-18/h6,8-9,11-12,14,17,20H,3-5,7,10H2,1-2H3. The van der Waals surface area contributed by atoms with Crippen LogP contribution in [0.4, 0.5) is 5.69 Å². The second-order valence-electron chi connectivity index (χ2n) is 6.04. The molecule has 1 saturated carbocycles. The smallest absolute Gasteiger partial charge is 0.0901 e. The highest BCUT2D eigenvalue weighted by Gasteiger charge is 2.23. The molecule has 1 aliphatic carbocycles. The highest BCUT2D eigenvalue weighted by Crippen LogP contribution is 2.30. The maximum atomic E-state index is 4.59. The minimum Gasteiger partial charge on any atom is -0.382 e. The number of benzene rings is 1. The number of aryl methyl sites for hydroxylation is 1. The molecule has 0 saturated heterocycles. The van der Waals surface area contributed by atoms with Gasteiger partial charge in [-0.2, -0.15) is 0 Å². The van der Waals surface area contributed by atoms with E-state index in [0.29, 0.717) is 6.04 Å². The summed E-state index contributed by atoms with van der Waals surface area (Å²) in [5.41, 5.74) is 3.55. The number of nitrogens with zero attached hydrogens (tertiary/aromatic N) is 1. The lowest BCUT2D eigenvalue weighted by molar-refractivity contribution is 0.317. The normalized spacial score (nSPS) is 22.2. The van der Waals surface area contributed by atoms with E-state index in [1.54, 1.807) is 11.3 Å². The minimum atomic E-state index is 0.635. The quantitative estimate of drug-likeness (QED) is 0.806. The molecule has 1 aromatic carbocycles.